The van der Waals surface area contributed by atoms with Crippen molar-refractivity contribution in [2.45, 2.75) is 31.7 Å². The van der Waals surface area contributed by atoms with E-state index < -0.39 is 5.82 Å². The maximum Gasteiger partial charge on any atom is 0.191 e. The molecular formula is C21H22F2N4. The van der Waals surface area contributed by atoms with Gasteiger partial charge in [-0.1, -0.05) is 18.2 Å². The molecule has 3 rings (SSSR count). The van der Waals surface area contributed by atoms with Crippen molar-refractivity contribution >= 4 is 5.96 Å². The molecule has 27 heavy (non-hydrogen) atoms. The molecule has 0 aromatic heterocycles. The number of nitrogens with one attached hydrogen (secondary N) is 2. The molecule has 1 saturated carbocycles. The predicted octanol–water partition coefficient (Wildman–Crippen LogP) is 3.62. The van der Waals surface area contributed by atoms with Crippen LogP contribution < -0.4 is 10.6 Å². The van der Waals surface area contributed by atoms with Gasteiger partial charge < -0.3 is 10.6 Å². The van der Waals surface area contributed by atoms with E-state index in [0.717, 1.165) is 18.4 Å². The number of benzene rings is 2. The third-order valence-electron chi connectivity index (χ3n) is 4.82. The Morgan fingerprint density at radius 1 is 1.15 bits per heavy atom. The molecule has 2 aromatic rings. The molecule has 0 spiro atoms. The summed E-state index contributed by atoms with van der Waals surface area (Å²) >= 11 is 0. The molecule has 0 radical (unpaired) electrons. The van der Waals surface area contributed by atoms with E-state index >= 15 is 0 Å². The number of guanidine groups is 1. The highest BCUT2D eigenvalue weighted by Gasteiger charge is 2.45. The van der Waals surface area contributed by atoms with E-state index in [9.17, 15) is 8.78 Å². The fourth-order valence-corrected chi connectivity index (χ4v) is 3.11. The number of nitriles is 1. The summed E-state index contributed by atoms with van der Waals surface area (Å²) in [6, 6.07) is 13.1. The zero-order valence-electron chi connectivity index (χ0n) is 15.2. The van der Waals surface area contributed by atoms with Gasteiger partial charge in [0.1, 0.15) is 11.6 Å². The van der Waals surface area contributed by atoms with E-state index in [4.69, 9.17) is 5.26 Å². The van der Waals surface area contributed by atoms with E-state index in [1.165, 1.54) is 24.3 Å². The van der Waals surface area contributed by atoms with E-state index in [1.54, 1.807) is 6.07 Å². The lowest BCUT2D eigenvalue weighted by molar-refractivity contribution is 0.559. The van der Waals surface area contributed by atoms with Crippen molar-refractivity contribution < 1.29 is 8.78 Å². The largest absolute Gasteiger partial charge is 0.357 e. The van der Waals surface area contributed by atoms with Gasteiger partial charge >= 0.3 is 0 Å². The van der Waals surface area contributed by atoms with E-state index in [2.05, 4.69) is 15.6 Å². The Balaban J connectivity index is 1.70. The molecule has 0 aliphatic heterocycles. The van der Waals surface area contributed by atoms with Gasteiger partial charge in [0, 0.05) is 24.1 Å². The quantitative estimate of drug-likeness (QED) is 0.605. The summed E-state index contributed by atoms with van der Waals surface area (Å²) in [5.41, 5.74) is 1.27. The zero-order chi connectivity index (χ0) is 19.3. The van der Waals surface area contributed by atoms with Gasteiger partial charge in [-0.25, -0.2) is 13.8 Å². The summed E-state index contributed by atoms with van der Waals surface area (Å²) in [7, 11) is 0. The van der Waals surface area contributed by atoms with Crippen LogP contribution in [0, 0.1) is 23.0 Å². The minimum Gasteiger partial charge on any atom is -0.357 e. The van der Waals surface area contributed by atoms with Crippen LogP contribution in [0.1, 0.15) is 36.5 Å². The summed E-state index contributed by atoms with van der Waals surface area (Å²) in [4.78, 5) is 4.42. The van der Waals surface area contributed by atoms with Gasteiger partial charge in [0.15, 0.2) is 5.96 Å². The smallest absolute Gasteiger partial charge is 0.191 e. The number of halogens is 2. The molecule has 2 N–H and O–H groups in total. The highest BCUT2D eigenvalue weighted by atomic mass is 19.1. The SMILES string of the molecule is CCNC(=NCc1cc(C#N)ccc1F)NCC1(c2ccccc2F)CC1. The number of hydrogen-bond donors (Lipinski definition) is 2. The summed E-state index contributed by atoms with van der Waals surface area (Å²) in [5.74, 6) is -0.0328. The molecule has 1 fully saturated rings. The lowest BCUT2D eigenvalue weighted by atomic mass is 9.95. The Labute approximate surface area is 157 Å². The van der Waals surface area contributed by atoms with Crippen LogP contribution in [-0.2, 0) is 12.0 Å². The van der Waals surface area contributed by atoms with Gasteiger partial charge in [-0.05, 0) is 49.6 Å². The van der Waals surface area contributed by atoms with Crippen LogP contribution in [0.4, 0.5) is 8.78 Å². The third kappa shape index (κ3) is 4.43. The minimum atomic E-state index is -0.390. The minimum absolute atomic E-state index is 0.114. The van der Waals surface area contributed by atoms with Gasteiger partial charge in [-0.3, -0.25) is 0 Å². The maximum absolute atomic E-state index is 14.1. The van der Waals surface area contributed by atoms with Crippen LogP contribution in [0.2, 0.25) is 0 Å². The van der Waals surface area contributed by atoms with E-state index in [0.29, 0.717) is 30.2 Å². The van der Waals surface area contributed by atoms with Gasteiger partial charge in [-0.2, -0.15) is 5.26 Å². The van der Waals surface area contributed by atoms with Crippen LogP contribution in [0.5, 0.6) is 0 Å². The monoisotopic (exact) mass is 368 g/mol. The number of aliphatic imine (C=N–C) groups is 1. The summed E-state index contributed by atoms with van der Waals surface area (Å²) in [6.07, 6.45) is 1.83. The van der Waals surface area contributed by atoms with Crippen molar-refractivity contribution in [1.82, 2.24) is 10.6 Å². The van der Waals surface area contributed by atoms with Gasteiger partial charge in [0.2, 0.25) is 0 Å². The highest BCUT2D eigenvalue weighted by molar-refractivity contribution is 5.80. The number of rotatable bonds is 6. The topological polar surface area (TPSA) is 60.2 Å². The lowest BCUT2D eigenvalue weighted by Gasteiger charge is -2.19. The molecule has 0 unspecified atom stereocenters. The normalized spacial score (nSPS) is 15.1. The Morgan fingerprint density at radius 2 is 1.93 bits per heavy atom. The third-order valence-corrected chi connectivity index (χ3v) is 4.82. The van der Waals surface area contributed by atoms with Crippen molar-refractivity contribution in [3.05, 3.63) is 70.8 Å². The fourth-order valence-electron chi connectivity index (χ4n) is 3.11. The second-order valence-corrected chi connectivity index (χ2v) is 6.73. The van der Waals surface area contributed by atoms with E-state index in [1.807, 2.05) is 25.1 Å². The van der Waals surface area contributed by atoms with Crippen molar-refractivity contribution in [3.63, 3.8) is 0 Å². The van der Waals surface area contributed by atoms with Gasteiger partial charge in [-0.15, -0.1) is 0 Å². The summed E-state index contributed by atoms with van der Waals surface area (Å²) < 4.78 is 28.1. The molecule has 2 aromatic carbocycles. The molecule has 1 aliphatic carbocycles. The summed E-state index contributed by atoms with van der Waals surface area (Å²) in [5, 5.41) is 15.3. The second kappa shape index (κ2) is 8.17. The van der Waals surface area contributed by atoms with Crippen molar-refractivity contribution in [2.75, 3.05) is 13.1 Å². The average molecular weight is 368 g/mol. The van der Waals surface area contributed by atoms with Crippen LogP contribution in [0.15, 0.2) is 47.5 Å². The lowest BCUT2D eigenvalue weighted by Crippen LogP contribution is -2.41. The Kier molecular flexibility index (Phi) is 5.70. The van der Waals surface area contributed by atoms with Crippen LogP contribution in [0.25, 0.3) is 0 Å². The van der Waals surface area contributed by atoms with Crippen molar-refractivity contribution in [3.8, 4) is 6.07 Å². The standard InChI is InChI=1S/C21H22F2N4/c1-2-25-20(26-13-16-11-15(12-24)7-8-18(16)22)27-14-21(9-10-21)17-5-3-4-6-19(17)23/h3-8,11H,2,9-10,13-14H2,1H3,(H2,25,26,27). The first-order valence-electron chi connectivity index (χ1n) is 9.04. The Morgan fingerprint density at radius 3 is 2.59 bits per heavy atom. The molecule has 0 bridgehead atoms. The predicted molar refractivity (Wildman–Crippen MR) is 101 cm³/mol. The molecule has 0 atom stereocenters. The molecule has 0 heterocycles. The molecule has 0 amide bonds. The second-order valence-electron chi connectivity index (χ2n) is 6.73. The first kappa shape index (κ1) is 18.8. The Hall–Kier alpha value is -2.94. The maximum atomic E-state index is 14.1. The molecule has 0 saturated heterocycles. The number of hydrogen-bond acceptors (Lipinski definition) is 2. The molecular weight excluding hydrogens is 346 g/mol. The average Bonchev–Trinajstić information content (AvgIpc) is 3.46. The summed E-state index contributed by atoms with van der Waals surface area (Å²) in [6.45, 7) is 3.26. The highest BCUT2D eigenvalue weighted by Crippen LogP contribution is 2.48. The van der Waals surface area contributed by atoms with Crippen molar-refractivity contribution in [1.29, 1.82) is 5.26 Å². The molecule has 140 valence electrons. The first-order chi connectivity index (χ1) is 13.1. The Bertz CT molecular complexity index is 882. The molecule has 4 nitrogen and oxygen atoms in total. The van der Waals surface area contributed by atoms with Crippen LogP contribution in [-0.4, -0.2) is 19.0 Å². The zero-order valence-corrected chi connectivity index (χ0v) is 15.2. The molecule has 1 aliphatic rings. The fraction of sp³-hybridized carbons (Fsp3) is 0.333. The van der Waals surface area contributed by atoms with E-state index in [-0.39, 0.29) is 17.8 Å². The van der Waals surface area contributed by atoms with Gasteiger partial charge in [0.25, 0.3) is 0 Å². The van der Waals surface area contributed by atoms with Crippen molar-refractivity contribution in [2.24, 2.45) is 4.99 Å². The first-order valence-corrected chi connectivity index (χ1v) is 9.04. The van der Waals surface area contributed by atoms with Crippen LogP contribution in [0.3, 0.4) is 0 Å². The molecule has 6 heteroatoms. The number of nitrogens with zero attached hydrogens (tertiary/aromatic N) is 2. The van der Waals surface area contributed by atoms with Gasteiger partial charge in [0.05, 0.1) is 18.2 Å². The van der Waals surface area contributed by atoms with Crippen LogP contribution >= 0.6 is 0 Å².